The molecule has 24 heavy (non-hydrogen) atoms. The highest BCUT2D eigenvalue weighted by molar-refractivity contribution is 5.89. The molecule has 2 heteroatoms. The van der Waals surface area contributed by atoms with E-state index in [9.17, 15) is 4.79 Å². The van der Waals surface area contributed by atoms with Gasteiger partial charge in [-0.1, -0.05) is 48.5 Å². The molecule has 122 valence electrons. The minimum Gasteiger partial charge on any atom is -0.380 e. The molecule has 0 saturated heterocycles. The van der Waals surface area contributed by atoms with Crippen LogP contribution in [0.3, 0.4) is 0 Å². The first kappa shape index (κ1) is 14.4. The van der Waals surface area contributed by atoms with Crippen molar-refractivity contribution in [2.45, 2.75) is 37.2 Å². The second kappa shape index (κ2) is 4.80. The summed E-state index contributed by atoms with van der Waals surface area (Å²) in [6.45, 7) is 2.14. The number of hydrogen-bond donors (Lipinski definition) is 0. The van der Waals surface area contributed by atoms with Gasteiger partial charge in [0.25, 0.3) is 0 Å². The van der Waals surface area contributed by atoms with Crippen molar-refractivity contribution in [2.24, 2.45) is 11.8 Å². The van der Waals surface area contributed by atoms with Gasteiger partial charge in [-0.2, -0.15) is 0 Å². The summed E-state index contributed by atoms with van der Waals surface area (Å²) in [6, 6.07) is 17.5. The Balaban J connectivity index is 1.94. The second-order valence-electron chi connectivity index (χ2n) is 7.55. The SMILES string of the molecule is CO[C@@H](C)C12c3ccccc3C(c3ccccc31)[C@@H]1CCC(=O)[C@@H]12. The van der Waals surface area contributed by atoms with E-state index in [4.69, 9.17) is 4.74 Å². The average Bonchev–Trinajstić information content (AvgIpc) is 3.03. The third kappa shape index (κ3) is 1.45. The number of carbonyl (C=O) groups excluding carboxylic acids is 1. The van der Waals surface area contributed by atoms with E-state index in [-0.39, 0.29) is 17.4 Å². The maximum atomic E-state index is 13.0. The molecule has 0 aromatic heterocycles. The fraction of sp³-hybridized carbons (Fsp3) is 0.409. The number of hydrogen-bond acceptors (Lipinski definition) is 2. The molecule has 6 rings (SSSR count). The summed E-state index contributed by atoms with van der Waals surface area (Å²) < 4.78 is 5.93. The Morgan fingerprint density at radius 2 is 1.62 bits per heavy atom. The zero-order valence-electron chi connectivity index (χ0n) is 14.2. The van der Waals surface area contributed by atoms with Crippen molar-refractivity contribution < 1.29 is 9.53 Å². The summed E-state index contributed by atoms with van der Waals surface area (Å²) in [5.74, 6) is 1.26. The highest BCUT2D eigenvalue weighted by Crippen LogP contribution is 2.66. The van der Waals surface area contributed by atoms with E-state index in [2.05, 4.69) is 55.5 Å². The number of rotatable bonds is 2. The van der Waals surface area contributed by atoms with Crippen molar-refractivity contribution in [3.63, 3.8) is 0 Å². The fourth-order valence-electron chi connectivity index (χ4n) is 6.10. The molecule has 0 amide bonds. The van der Waals surface area contributed by atoms with Gasteiger partial charge in [-0.25, -0.2) is 0 Å². The van der Waals surface area contributed by atoms with Gasteiger partial charge >= 0.3 is 0 Å². The molecule has 0 spiro atoms. The van der Waals surface area contributed by atoms with E-state index in [0.29, 0.717) is 24.0 Å². The van der Waals surface area contributed by atoms with Crippen LogP contribution in [-0.4, -0.2) is 19.0 Å². The van der Waals surface area contributed by atoms with E-state index >= 15 is 0 Å². The van der Waals surface area contributed by atoms with Crippen molar-refractivity contribution in [1.82, 2.24) is 0 Å². The van der Waals surface area contributed by atoms with Gasteiger partial charge in [0.1, 0.15) is 5.78 Å². The summed E-state index contributed by atoms with van der Waals surface area (Å²) in [5.41, 5.74) is 5.13. The average molecular weight is 318 g/mol. The largest absolute Gasteiger partial charge is 0.380 e. The van der Waals surface area contributed by atoms with E-state index in [0.717, 1.165) is 6.42 Å². The molecule has 3 atom stereocenters. The lowest BCUT2D eigenvalue weighted by molar-refractivity contribution is -0.126. The van der Waals surface area contributed by atoms with Gasteiger partial charge in [0, 0.05) is 25.4 Å². The van der Waals surface area contributed by atoms with Gasteiger partial charge in [0.15, 0.2) is 0 Å². The zero-order valence-corrected chi connectivity index (χ0v) is 14.2. The molecule has 2 aromatic rings. The van der Waals surface area contributed by atoms with Gasteiger partial charge < -0.3 is 4.74 Å². The van der Waals surface area contributed by atoms with Crippen LogP contribution < -0.4 is 0 Å². The van der Waals surface area contributed by atoms with Crippen LogP contribution in [0.25, 0.3) is 0 Å². The molecule has 4 aliphatic carbocycles. The lowest BCUT2D eigenvalue weighted by atomic mass is 9.46. The van der Waals surface area contributed by atoms with Crippen molar-refractivity contribution in [3.8, 4) is 0 Å². The Hall–Kier alpha value is -1.93. The van der Waals surface area contributed by atoms with Gasteiger partial charge in [-0.3, -0.25) is 4.79 Å². The molecule has 2 nitrogen and oxygen atoms in total. The van der Waals surface area contributed by atoms with Crippen LogP contribution in [-0.2, 0) is 14.9 Å². The predicted octanol–water partition coefficient (Wildman–Crippen LogP) is 4.06. The molecule has 2 bridgehead atoms. The number of Topliss-reactive ketones (excluding diaryl/α,β-unsaturated/α-hetero) is 1. The van der Waals surface area contributed by atoms with E-state index in [1.165, 1.54) is 22.3 Å². The molecule has 1 saturated carbocycles. The molecule has 0 radical (unpaired) electrons. The molecule has 0 N–H and O–H groups in total. The Kier molecular flexibility index (Phi) is 2.88. The first-order valence-corrected chi connectivity index (χ1v) is 8.95. The number of benzene rings is 2. The summed E-state index contributed by atoms with van der Waals surface area (Å²) in [4.78, 5) is 13.0. The number of ether oxygens (including phenoxy) is 1. The minimum absolute atomic E-state index is 0.0319. The summed E-state index contributed by atoms with van der Waals surface area (Å²) in [7, 11) is 1.78. The van der Waals surface area contributed by atoms with Crippen LogP contribution in [0.15, 0.2) is 48.5 Å². The van der Waals surface area contributed by atoms with Gasteiger partial charge in [0.05, 0.1) is 11.5 Å². The molecule has 0 unspecified atom stereocenters. The quantitative estimate of drug-likeness (QED) is 0.834. The topological polar surface area (TPSA) is 26.3 Å². The van der Waals surface area contributed by atoms with Gasteiger partial charge in [-0.05, 0) is 41.5 Å². The van der Waals surface area contributed by atoms with Gasteiger partial charge in [0.2, 0.25) is 0 Å². The van der Waals surface area contributed by atoms with E-state index in [1.807, 2.05) is 0 Å². The Morgan fingerprint density at radius 1 is 1.04 bits per heavy atom. The van der Waals surface area contributed by atoms with Crippen LogP contribution >= 0.6 is 0 Å². The van der Waals surface area contributed by atoms with E-state index in [1.54, 1.807) is 7.11 Å². The highest BCUT2D eigenvalue weighted by Gasteiger charge is 2.64. The number of methoxy groups -OCH3 is 1. The van der Waals surface area contributed by atoms with Crippen LogP contribution in [0.4, 0.5) is 0 Å². The van der Waals surface area contributed by atoms with Crippen LogP contribution in [0.2, 0.25) is 0 Å². The molecule has 4 aliphatic rings. The third-order valence-electron chi connectivity index (χ3n) is 6.90. The van der Waals surface area contributed by atoms with Crippen LogP contribution in [0, 0.1) is 11.8 Å². The standard InChI is InChI=1S/C22H22O2/c1-13(24-2)22-17-9-5-3-7-14(17)20(15-8-4-6-10-18(15)22)16-11-12-19(23)21(16)22/h3-10,13,16,20-21H,11-12H2,1-2H3/t13-,16-,20?,21+,22?/m0/s1. The molecular formula is C22H22O2. The normalized spacial score (nSPS) is 33.8. The third-order valence-corrected chi connectivity index (χ3v) is 6.90. The minimum atomic E-state index is -0.338. The Labute approximate surface area is 142 Å². The predicted molar refractivity (Wildman–Crippen MR) is 93.2 cm³/mol. The summed E-state index contributed by atoms with van der Waals surface area (Å²) in [5, 5.41) is 0. The molecule has 0 aliphatic heterocycles. The Morgan fingerprint density at radius 3 is 2.21 bits per heavy atom. The molecule has 0 heterocycles. The highest BCUT2D eigenvalue weighted by atomic mass is 16.5. The lowest BCUT2D eigenvalue weighted by Gasteiger charge is -2.57. The van der Waals surface area contributed by atoms with E-state index < -0.39 is 0 Å². The zero-order chi connectivity index (χ0) is 16.5. The molecular weight excluding hydrogens is 296 g/mol. The monoisotopic (exact) mass is 318 g/mol. The van der Waals surface area contributed by atoms with Crippen LogP contribution in [0.1, 0.15) is 47.9 Å². The van der Waals surface area contributed by atoms with Crippen molar-refractivity contribution in [2.75, 3.05) is 7.11 Å². The smallest absolute Gasteiger partial charge is 0.137 e. The van der Waals surface area contributed by atoms with Gasteiger partial charge in [-0.15, -0.1) is 0 Å². The molecule has 1 fully saturated rings. The Bertz CT molecular complexity index is 790. The van der Waals surface area contributed by atoms with Crippen molar-refractivity contribution in [1.29, 1.82) is 0 Å². The first-order chi connectivity index (χ1) is 11.7. The second-order valence-corrected chi connectivity index (χ2v) is 7.55. The number of ketones is 1. The number of carbonyl (C=O) groups is 1. The first-order valence-electron chi connectivity index (χ1n) is 8.95. The van der Waals surface area contributed by atoms with Crippen molar-refractivity contribution in [3.05, 3.63) is 70.8 Å². The van der Waals surface area contributed by atoms with Crippen molar-refractivity contribution >= 4 is 5.78 Å². The maximum Gasteiger partial charge on any atom is 0.137 e. The summed E-state index contributed by atoms with van der Waals surface area (Å²) >= 11 is 0. The fourth-order valence-corrected chi connectivity index (χ4v) is 6.10. The lowest BCUT2D eigenvalue weighted by Crippen LogP contribution is -2.58. The maximum absolute atomic E-state index is 13.0. The molecule has 2 aromatic carbocycles. The summed E-state index contributed by atoms with van der Waals surface area (Å²) in [6.07, 6.45) is 1.69. The van der Waals surface area contributed by atoms with Crippen LogP contribution in [0.5, 0.6) is 0 Å².